The molecule has 0 aromatic heterocycles. The van der Waals surface area contributed by atoms with Crippen LogP contribution in [0.3, 0.4) is 0 Å². The first-order valence-corrected chi connectivity index (χ1v) is 5.87. The third kappa shape index (κ3) is 5.50. The zero-order valence-electron chi connectivity index (χ0n) is 10.8. The summed E-state index contributed by atoms with van der Waals surface area (Å²) in [6.07, 6.45) is 0.188. The predicted molar refractivity (Wildman–Crippen MR) is 68.9 cm³/mol. The lowest BCUT2D eigenvalue weighted by Crippen LogP contribution is -2.31. The van der Waals surface area contributed by atoms with E-state index in [9.17, 15) is 4.79 Å². The second-order valence-corrected chi connectivity index (χ2v) is 5.33. The van der Waals surface area contributed by atoms with Crippen LogP contribution in [0.15, 0.2) is 24.3 Å². The minimum absolute atomic E-state index is 0.188. The van der Waals surface area contributed by atoms with Crippen LogP contribution in [0, 0.1) is 12.3 Å². The van der Waals surface area contributed by atoms with Gasteiger partial charge in [0.2, 0.25) is 0 Å². The molecule has 3 heteroatoms. The summed E-state index contributed by atoms with van der Waals surface area (Å²) < 4.78 is 0. The van der Waals surface area contributed by atoms with Crippen LogP contribution in [0.5, 0.6) is 0 Å². The number of hydrogen-bond acceptors (Lipinski definition) is 2. The van der Waals surface area contributed by atoms with Crippen LogP contribution in [0.2, 0.25) is 0 Å². The van der Waals surface area contributed by atoms with Gasteiger partial charge < -0.3 is 10.4 Å². The number of hydrogen-bond donors (Lipinski definition) is 2. The first-order chi connectivity index (χ1) is 7.89. The lowest BCUT2D eigenvalue weighted by molar-refractivity contribution is -0.139. The van der Waals surface area contributed by atoms with E-state index in [-0.39, 0.29) is 11.8 Å². The molecule has 0 atom stereocenters. The number of benzene rings is 1. The van der Waals surface area contributed by atoms with E-state index in [0.717, 1.165) is 6.54 Å². The van der Waals surface area contributed by atoms with Gasteiger partial charge in [-0.2, -0.15) is 0 Å². The highest BCUT2D eigenvalue weighted by Gasteiger charge is 2.20. The Bertz CT molecular complexity index is 386. The molecule has 0 saturated heterocycles. The van der Waals surface area contributed by atoms with Crippen molar-refractivity contribution < 1.29 is 9.90 Å². The Hall–Kier alpha value is -1.35. The van der Waals surface area contributed by atoms with Crippen molar-refractivity contribution in [2.75, 3.05) is 6.54 Å². The Kier molecular flexibility index (Phi) is 4.70. The minimum atomic E-state index is -0.743. The molecule has 0 radical (unpaired) electrons. The molecule has 1 rings (SSSR count). The quantitative estimate of drug-likeness (QED) is 0.796. The molecule has 2 N–H and O–H groups in total. The van der Waals surface area contributed by atoms with Crippen molar-refractivity contribution in [3.8, 4) is 0 Å². The van der Waals surface area contributed by atoms with E-state index >= 15 is 0 Å². The molecule has 0 aliphatic rings. The van der Waals surface area contributed by atoms with E-state index in [1.807, 2.05) is 19.9 Å². The van der Waals surface area contributed by atoms with Crippen molar-refractivity contribution in [3.63, 3.8) is 0 Å². The molecule has 94 valence electrons. The van der Waals surface area contributed by atoms with Crippen molar-refractivity contribution in [2.24, 2.45) is 5.41 Å². The summed E-state index contributed by atoms with van der Waals surface area (Å²) in [7, 11) is 0. The molecule has 0 amide bonds. The summed E-state index contributed by atoms with van der Waals surface area (Å²) in [6, 6.07) is 8.31. The third-order valence-electron chi connectivity index (χ3n) is 2.64. The largest absolute Gasteiger partial charge is 0.481 e. The molecule has 1 aromatic rings. The summed E-state index contributed by atoms with van der Waals surface area (Å²) in [6.45, 7) is 7.48. The van der Waals surface area contributed by atoms with Crippen molar-refractivity contribution in [1.82, 2.24) is 5.32 Å². The zero-order valence-corrected chi connectivity index (χ0v) is 10.8. The van der Waals surface area contributed by atoms with Gasteiger partial charge >= 0.3 is 5.97 Å². The average molecular weight is 235 g/mol. The van der Waals surface area contributed by atoms with Gasteiger partial charge in [-0.1, -0.05) is 43.7 Å². The molecule has 0 aliphatic heterocycles. The maximum absolute atomic E-state index is 10.7. The van der Waals surface area contributed by atoms with Crippen molar-refractivity contribution in [3.05, 3.63) is 35.4 Å². The van der Waals surface area contributed by atoms with Crippen LogP contribution < -0.4 is 5.32 Å². The van der Waals surface area contributed by atoms with Gasteiger partial charge in [0, 0.05) is 13.1 Å². The summed E-state index contributed by atoms with van der Waals surface area (Å²) in [5, 5.41) is 12.1. The number of aliphatic carboxylic acids is 1. The fourth-order valence-electron chi connectivity index (χ4n) is 1.84. The van der Waals surface area contributed by atoms with Gasteiger partial charge in [-0.15, -0.1) is 0 Å². The van der Waals surface area contributed by atoms with Crippen LogP contribution in [0.25, 0.3) is 0 Å². The Morgan fingerprint density at radius 3 is 2.71 bits per heavy atom. The van der Waals surface area contributed by atoms with Gasteiger partial charge in [0.1, 0.15) is 0 Å². The molecule has 0 spiro atoms. The van der Waals surface area contributed by atoms with E-state index in [4.69, 9.17) is 5.11 Å². The van der Waals surface area contributed by atoms with Gasteiger partial charge in [0.05, 0.1) is 6.42 Å². The molecule has 3 nitrogen and oxygen atoms in total. The molecule has 0 heterocycles. The maximum atomic E-state index is 10.7. The zero-order chi connectivity index (χ0) is 12.9. The summed E-state index contributed by atoms with van der Waals surface area (Å²) in [4.78, 5) is 10.7. The molecule has 0 saturated carbocycles. The van der Waals surface area contributed by atoms with Crippen molar-refractivity contribution >= 4 is 5.97 Å². The second-order valence-electron chi connectivity index (χ2n) is 5.33. The number of carboxylic acids is 1. The minimum Gasteiger partial charge on any atom is -0.481 e. The lowest BCUT2D eigenvalue weighted by atomic mass is 9.89. The van der Waals surface area contributed by atoms with Gasteiger partial charge in [-0.3, -0.25) is 4.79 Å². The van der Waals surface area contributed by atoms with Crippen LogP contribution in [0.1, 0.15) is 31.4 Å². The first-order valence-electron chi connectivity index (χ1n) is 5.87. The SMILES string of the molecule is Cc1cccc(CNCC(C)(C)CC(=O)O)c1. The Morgan fingerprint density at radius 2 is 2.12 bits per heavy atom. The highest BCUT2D eigenvalue weighted by atomic mass is 16.4. The van der Waals surface area contributed by atoms with Gasteiger partial charge in [-0.25, -0.2) is 0 Å². The van der Waals surface area contributed by atoms with E-state index < -0.39 is 5.97 Å². The van der Waals surface area contributed by atoms with E-state index in [1.165, 1.54) is 11.1 Å². The van der Waals surface area contributed by atoms with Crippen LogP contribution >= 0.6 is 0 Å². The molecule has 0 aliphatic carbocycles. The number of carbonyl (C=O) groups is 1. The Morgan fingerprint density at radius 1 is 1.41 bits per heavy atom. The van der Waals surface area contributed by atoms with Gasteiger partial charge in [0.15, 0.2) is 0 Å². The van der Waals surface area contributed by atoms with Crippen LogP contribution in [-0.2, 0) is 11.3 Å². The lowest BCUT2D eigenvalue weighted by Gasteiger charge is -2.22. The second kappa shape index (κ2) is 5.82. The van der Waals surface area contributed by atoms with Crippen molar-refractivity contribution in [2.45, 2.75) is 33.7 Å². The molecule has 1 aromatic carbocycles. The highest BCUT2D eigenvalue weighted by Crippen LogP contribution is 2.18. The summed E-state index contributed by atoms with van der Waals surface area (Å²) >= 11 is 0. The normalized spacial score (nSPS) is 11.5. The predicted octanol–water partition coefficient (Wildman–Crippen LogP) is 2.59. The summed E-state index contributed by atoms with van der Waals surface area (Å²) in [5.74, 6) is -0.743. The molecule has 0 fully saturated rings. The number of aryl methyl sites for hydroxylation is 1. The molecular weight excluding hydrogens is 214 g/mol. The molecular formula is C14H21NO2. The molecule has 17 heavy (non-hydrogen) atoms. The van der Waals surface area contributed by atoms with Crippen LogP contribution in [0.4, 0.5) is 0 Å². The fraction of sp³-hybridized carbons (Fsp3) is 0.500. The third-order valence-corrected chi connectivity index (χ3v) is 2.64. The Balaban J connectivity index is 2.39. The van der Waals surface area contributed by atoms with E-state index in [1.54, 1.807) is 0 Å². The van der Waals surface area contributed by atoms with E-state index in [0.29, 0.717) is 6.54 Å². The number of nitrogens with one attached hydrogen (secondary N) is 1. The van der Waals surface area contributed by atoms with E-state index in [2.05, 4.69) is 30.4 Å². The number of carboxylic acid groups (broad SMARTS) is 1. The van der Waals surface area contributed by atoms with Gasteiger partial charge in [0.25, 0.3) is 0 Å². The fourth-order valence-corrected chi connectivity index (χ4v) is 1.84. The van der Waals surface area contributed by atoms with Crippen molar-refractivity contribution in [1.29, 1.82) is 0 Å². The topological polar surface area (TPSA) is 49.3 Å². The molecule has 0 bridgehead atoms. The smallest absolute Gasteiger partial charge is 0.303 e. The Labute approximate surface area is 103 Å². The maximum Gasteiger partial charge on any atom is 0.303 e. The van der Waals surface area contributed by atoms with Gasteiger partial charge in [-0.05, 0) is 17.9 Å². The van der Waals surface area contributed by atoms with Crippen LogP contribution in [-0.4, -0.2) is 17.6 Å². The standard InChI is InChI=1S/C14H21NO2/c1-11-5-4-6-12(7-11)9-15-10-14(2,3)8-13(16)17/h4-7,15H,8-10H2,1-3H3,(H,16,17). The molecule has 0 unspecified atom stereocenters. The average Bonchev–Trinajstić information content (AvgIpc) is 2.15. The highest BCUT2D eigenvalue weighted by molar-refractivity contribution is 5.67. The number of rotatable bonds is 6. The first kappa shape index (κ1) is 13.7. The monoisotopic (exact) mass is 235 g/mol. The summed E-state index contributed by atoms with van der Waals surface area (Å²) in [5.41, 5.74) is 2.26.